The van der Waals surface area contributed by atoms with Gasteiger partial charge in [-0.2, -0.15) is 0 Å². The zero-order valence-electron chi connectivity index (χ0n) is 16.7. The molecule has 5 heteroatoms. The highest BCUT2D eigenvalue weighted by Crippen LogP contribution is 2.25. The summed E-state index contributed by atoms with van der Waals surface area (Å²) < 4.78 is 0. The molecular formula is C23H29ClN2O2. The van der Waals surface area contributed by atoms with Crippen LogP contribution in [0.15, 0.2) is 54.6 Å². The molecule has 0 saturated carbocycles. The van der Waals surface area contributed by atoms with Crippen molar-refractivity contribution in [1.29, 1.82) is 0 Å². The molecule has 2 amide bonds. The molecule has 150 valence electrons. The fourth-order valence-electron chi connectivity index (χ4n) is 3.06. The van der Waals surface area contributed by atoms with Crippen molar-refractivity contribution in [3.63, 3.8) is 0 Å². The Bertz CT molecular complexity index is 747. The molecule has 1 unspecified atom stereocenters. The van der Waals surface area contributed by atoms with Crippen LogP contribution in [0.3, 0.4) is 0 Å². The van der Waals surface area contributed by atoms with Gasteiger partial charge < -0.3 is 10.2 Å². The highest BCUT2D eigenvalue weighted by molar-refractivity contribution is 6.30. The third-order valence-electron chi connectivity index (χ3n) is 4.56. The number of rotatable bonds is 10. The Morgan fingerprint density at radius 1 is 1.00 bits per heavy atom. The minimum Gasteiger partial charge on any atom is -0.354 e. The highest BCUT2D eigenvalue weighted by Gasteiger charge is 2.30. The van der Waals surface area contributed by atoms with Gasteiger partial charge in [-0.25, -0.2) is 0 Å². The van der Waals surface area contributed by atoms with Crippen LogP contribution >= 0.6 is 11.6 Å². The number of unbranched alkanes of at least 4 members (excludes halogenated alkanes) is 1. The second-order valence-electron chi connectivity index (χ2n) is 6.86. The summed E-state index contributed by atoms with van der Waals surface area (Å²) >= 11 is 6.00. The molecule has 4 nitrogen and oxygen atoms in total. The predicted octanol–water partition coefficient (Wildman–Crippen LogP) is 5.13. The van der Waals surface area contributed by atoms with E-state index in [1.807, 2.05) is 49.4 Å². The zero-order valence-corrected chi connectivity index (χ0v) is 17.4. The van der Waals surface area contributed by atoms with E-state index in [1.54, 1.807) is 17.0 Å². The number of halogens is 1. The minimum absolute atomic E-state index is 0.0306. The first-order chi connectivity index (χ1) is 13.6. The van der Waals surface area contributed by atoms with Gasteiger partial charge in [-0.1, -0.05) is 74.3 Å². The van der Waals surface area contributed by atoms with Crippen LogP contribution in [0.1, 0.15) is 56.7 Å². The first-order valence-corrected chi connectivity index (χ1v) is 10.3. The first kappa shape index (κ1) is 22.0. The third kappa shape index (κ3) is 6.38. The van der Waals surface area contributed by atoms with E-state index in [4.69, 9.17) is 11.6 Å². The summed E-state index contributed by atoms with van der Waals surface area (Å²) in [6.07, 6.45) is 3.04. The number of nitrogens with zero attached hydrogens (tertiary/aromatic N) is 1. The lowest BCUT2D eigenvalue weighted by Crippen LogP contribution is -2.43. The Balaban J connectivity index is 2.36. The second kappa shape index (κ2) is 11.5. The number of carbonyl (C=O) groups excluding carboxylic acids is 2. The number of benzene rings is 2. The molecule has 0 bridgehead atoms. The summed E-state index contributed by atoms with van der Waals surface area (Å²) in [5.41, 5.74) is 1.76. The molecule has 2 rings (SSSR count). The number of nitrogens with one attached hydrogen (secondary N) is 1. The van der Waals surface area contributed by atoms with Crippen LogP contribution in [-0.4, -0.2) is 23.3 Å². The molecule has 0 fully saturated rings. The number of hydrogen-bond acceptors (Lipinski definition) is 2. The van der Waals surface area contributed by atoms with Crippen molar-refractivity contribution in [2.24, 2.45) is 0 Å². The van der Waals surface area contributed by atoms with Gasteiger partial charge in [0.25, 0.3) is 0 Å². The lowest BCUT2D eigenvalue weighted by molar-refractivity contribution is -0.141. The fourth-order valence-corrected chi connectivity index (χ4v) is 3.19. The van der Waals surface area contributed by atoms with Crippen molar-refractivity contribution >= 4 is 23.4 Å². The summed E-state index contributed by atoms with van der Waals surface area (Å²) in [6, 6.07) is 16.2. The number of amides is 2. The van der Waals surface area contributed by atoms with E-state index in [0.29, 0.717) is 24.5 Å². The molecule has 2 aromatic rings. The Hall–Kier alpha value is -2.33. The third-order valence-corrected chi connectivity index (χ3v) is 4.81. The number of hydrogen-bond donors (Lipinski definition) is 1. The molecule has 0 aliphatic carbocycles. The molecule has 0 radical (unpaired) electrons. The fraction of sp³-hybridized carbons (Fsp3) is 0.391. The van der Waals surface area contributed by atoms with Gasteiger partial charge in [0.2, 0.25) is 11.8 Å². The van der Waals surface area contributed by atoms with E-state index in [2.05, 4.69) is 12.2 Å². The molecule has 1 atom stereocenters. The Kier molecular flexibility index (Phi) is 9.02. The van der Waals surface area contributed by atoms with Crippen molar-refractivity contribution in [3.8, 4) is 0 Å². The van der Waals surface area contributed by atoms with Crippen molar-refractivity contribution in [1.82, 2.24) is 10.2 Å². The maximum Gasteiger partial charge on any atom is 0.247 e. The van der Waals surface area contributed by atoms with E-state index in [9.17, 15) is 9.59 Å². The van der Waals surface area contributed by atoms with E-state index in [1.165, 1.54) is 0 Å². The SMILES string of the molecule is CCCCNC(=O)C(c1ccccc1)N(Cc1ccc(Cl)cc1)C(=O)CCC. The van der Waals surface area contributed by atoms with Crippen LogP contribution in [0, 0.1) is 0 Å². The lowest BCUT2D eigenvalue weighted by atomic mass is 10.0. The molecule has 28 heavy (non-hydrogen) atoms. The molecule has 0 heterocycles. The van der Waals surface area contributed by atoms with Crippen LogP contribution in [0.5, 0.6) is 0 Å². The van der Waals surface area contributed by atoms with Crippen LogP contribution in [-0.2, 0) is 16.1 Å². The minimum atomic E-state index is -0.659. The van der Waals surface area contributed by atoms with Gasteiger partial charge in [0.05, 0.1) is 0 Å². The standard InChI is InChI=1S/C23H29ClN2O2/c1-3-5-16-25-23(28)22(19-10-7-6-8-11-19)26(21(27)9-4-2)17-18-12-14-20(24)15-13-18/h6-8,10-15,22H,3-5,9,16-17H2,1-2H3,(H,25,28). The van der Waals surface area contributed by atoms with Gasteiger partial charge in [0.1, 0.15) is 6.04 Å². The maximum atomic E-state index is 13.1. The summed E-state index contributed by atoms with van der Waals surface area (Å²) in [4.78, 5) is 27.8. The predicted molar refractivity (Wildman–Crippen MR) is 114 cm³/mol. The molecule has 0 aliphatic rings. The smallest absolute Gasteiger partial charge is 0.247 e. The summed E-state index contributed by atoms with van der Waals surface area (Å²) in [6.45, 7) is 5.02. The topological polar surface area (TPSA) is 49.4 Å². The van der Waals surface area contributed by atoms with Crippen molar-refractivity contribution in [2.75, 3.05) is 6.54 Å². The molecular weight excluding hydrogens is 372 g/mol. The van der Waals surface area contributed by atoms with Crippen LogP contribution in [0.25, 0.3) is 0 Å². The van der Waals surface area contributed by atoms with Crippen LogP contribution < -0.4 is 5.32 Å². The molecule has 0 aliphatic heterocycles. The largest absolute Gasteiger partial charge is 0.354 e. The quantitative estimate of drug-likeness (QED) is 0.562. The summed E-state index contributed by atoms with van der Waals surface area (Å²) in [5.74, 6) is -0.171. The average Bonchev–Trinajstić information content (AvgIpc) is 2.70. The Morgan fingerprint density at radius 2 is 1.68 bits per heavy atom. The van der Waals surface area contributed by atoms with Crippen molar-refractivity contribution in [2.45, 2.75) is 52.1 Å². The molecule has 1 N–H and O–H groups in total. The van der Waals surface area contributed by atoms with Crippen LogP contribution in [0.4, 0.5) is 0 Å². The van der Waals surface area contributed by atoms with E-state index in [0.717, 1.165) is 30.4 Å². The maximum absolute atomic E-state index is 13.1. The van der Waals surface area contributed by atoms with E-state index < -0.39 is 6.04 Å². The summed E-state index contributed by atoms with van der Waals surface area (Å²) in [7, 11) is 0. The Morgan fingerprint density at radius 3 is 2.29 bits per heavy atom. The Labute approximate surface area is 172 Å². The van der Waals surface area contributed by atoms with Gasteiger partial charge in [0, 0.05) is 24.5 Å². The molecule has 0 aromatic heterocycles. The van der Waals surface area contributed by atoms with Gasteiger partial charge in [-0.3, -0.25) is 9.59 Å². The van der Waals surface area contributed by atoms with Gasteiger partial charge >= 0.3 is 0 Å². The van der Waals surface area contributed by atoms with E-state index >= 15 is 0 Å². The van der Waals surface area contributed by atoms with E-state index in [-0.39, 0.29) is 11.8 Å². The molecule has 2 aromatic carbocycles. The second-order valence-corrected chi connectivity index (χ2v) is 7.29. The molecule has 0 saturated heterocycles. The summed E-state index contributed by atoms with van der Waals surface area (Å²) in [5, 5.41) is 3.65. The van der Waals surface area contributed by atoms with Crippen molar-refractivity contribution in [3.05, 3.63) is 70.7 Å². The normalized spacial score (nSPS) is 11.7. The van der Waals surface area contributed by atoms with Gasteiger partial charge in [-0.15, -0.1) is 0 Å². The highest BCUT2D eigenvalue weighted by atomic mass is 35.5. The van der Waals surface area contributed by atoms with Crippen molar-refractivity contribution < 1.29 is 9.59 Å². The molecule has 0 spiro atoms. The van der Waals surface area contributed by atoms with Crippen LogP contribution in [0.2, 0.25) is 5.02 Å². The average molecular weight is 401 g/mol. The number of carbonyl (C=O) groups is 2. The first-order valence-electron chi connectivity index (χ1n) is 9.93. The van der Waals surface area contributed by atoms with Gasteiger partial charge in [0.15, 0.2) is 0 Å². The lowest BCUT2D eigenvalue weighted by Gasteiger charge is -2.31. The van der Waals surface area contributed by atoms with Gasteiger partial charge in [-0.05, 0) is 36.1 Å². The monoisotopic (exact) mass is 400 g/mol. The zero-order chi connectivity index (χ0) is 20.4.